The lowest BCUT2D eigenvalue weighted by Crippen LogP contribution is -2.34. The van der Waals surface area contributed by atoms with Crippen LogP contribution in [0.2, 0.25) is 0 Å². The molecule has 224 valence electrons. The van der Waals surface area contributed by atoms with Crippen LogP contribution in [0.15, 0.2) is 66.0 Å². The normalized spacial score (nSPS) is 10.0. The molecule has 1 aliphatic carbocycles. The predicted molar refractivity (Wildman–Crippen MR) is 180 cm³/mol. The van der Waals surface area contributed by atoms with Crippen molar-refractivity contribution in [1.82, 2.24) is 0 Å². The van der Waals surface area contributed by atoms with Crippen molar-refractivity contribution in [3.63, 3.8) is 0 Å². The fraction of sp³-hybridized carbons (Fsp3) is 0.649. The second-order valence-electron chi connectivity index (χ2n) is 9.40. The van der Waals surface area contributed by atoms with Crippen LogP contribution in [0.4, 0.5) is 0 Å². The van der Waals surface area contributed by atoms with Crippen LogP contribution >= 0.6 is 0 Å². The van der Waals surface area contributed by atoms with Crippen LogP contribution in [0, 0.1) is 5.41 Å². The molecule has 2 aromatic rings. The Morgan fingerprint density at radius 2 is 0.921 bits per heavy atom. The van der Waals surface area contributed by atoms with Crippen molar-refractivity contribution in [1.29, 1.82) is 0 Å². The van der Waals surface area contributed by atoms with Crippen LogP contribution in [0.3, 0.4) is 0 Å². The summed E-state index contributed by atoms with van der Waals surface area (Å²) in [5.41, 5.74) is 6.44. The van der Waals surface area contributed by atoms with E-state index in [0.717, 1.165) is 6.54 Å². The third kappa shape index (κ3) is 32.1. The van der Waals surface area contributed by atoms with Gasteiger partial charge in [-0.05, 0) is 69.9 Å². The number of pyridine rings is 1. The number of aromatic nitrogens is 1. The van der Waals surface area contributed by atoms with Crippen LogP contribution in [-0.2, 0) is 19.4 Å². The van der Waals surface area contributed by atoms with Gasteiger partial charge in [-0.25, -0.2) is 4.57 Å². The third-order valence-electron chi connectivity index (χ3n) is 5.16. The van der Waals surface area contributed by atoms with Crippen LogP contribution in [0.5, 0.6) is 0 Å². The molecule has 1 heteroatoms. The van der Waals surface area contributed by atoms with Crippen molar-refractivity contribution < 1.29 is 4.57 Å². The van der Waals surface area contributed by atoms with Gasteiger partial charge in [0.25, 0.3) is 0 Å². The van der Waals surface area contributed by atoms with Crippen LogP contribution < -0.4 is 4.57 Å². The van der Waals surface area contributed by atoms with Gasteiger partial charge in [-0.1, -0.05) is 131 Å². The van der Waals surface area contributed by atoms with Crippen LogP contribution in [0.1, 0.15) is 148 Å². The molecular formula is C37H72N+. The molecule has 0 radical (unpaired) electrons. The first-order chi connectivity index (χ1) is 18.2. The lowest BCUT2D eigenvalue weighted by atomic mass is 9.92. The molecule has 0 unspecified atom stereocenters. The molecule has 1 nitrogen and oxygen atoms in total. The van der Waals surface area contributed by atoms with Gasteiger partial charge in [0, 0.05) is 18.6 Å². The summed E-state index contributed by atoms with van der Waals surface area (Å²) in [4.78, 5) is 0. The Hall–Kier alpha value is -1.89. The van der Waals surface area contributed by atoms with Gasteiger partial charge in [0.15, 0.2) is 12.4 Å². The number of hydrogen-bond acceptors (Lipinski definition) is 0. The van der Waals surface area contributed by atoms with E-state index in [1.54, 1.807) is 11.1 Å². The molecule has 3 rings (SSSR count). The Labute approximate surface area is 243 Å². The highest BCUT2D eigenvalue weighted by molar-refractivity contribution is 5.28. The molecule has 0 atom stereocenters. The number of benzene rings is 1. The average Bonchev–Trinajstić information content (AvgIpc) is 2.98. The molecule has 0 aliphatic heterocycles. The Morgan fingerprint density at radius 3 is 1.21 bits per heavy atom. The second-order valence-corrected chi connectivity index (χ2v) is 9.40. The maximum atomic E-state index is 2.27. The molecule has 0 saturated heterocycles. The monoisotopic (exact) mass is 531 g/mol. The summed E-state index contributed by atoms with van der Waals surface area (Å²) < 4.78 is 2.23. The Kier molecular flexibility index (Phi) is 42.5. The average molecular weight is 531 g/mol. The standard InChI is InChI=1S/C11H18N.C10H12.C6H12.5C2H6/c1-11(2,3)7-10-12-8-5-4-6-9-12;1-2-6-10-8-4-3-7-9(10)5-1;1-5(2)6(3)4;5*1-2/h4-6,8-9H,7,10H2,1-3H3;1-2,5-6H,3-4,7-8H2;1-4H3;5*1-2H3/q+1;;;;;;;. The minimum absolute atomic E-state index is 0.433. The van der Waals surface area contributed by atoms with E-state index in [-0.39, 0.29) is 0 Å². The number of aryl methyl sites for hydroxylation is 3. The van der Waals surface area contributed by atoms with Gasteiger partial charge < -0.3 is 0 Å². The SMILES string of the molecule is CC.CC.CC.CC.CC.CC(C)(C)CC[n+]1ccccc1.CC(C)=C(C)C.c1ccc2c(c1)CCCC2. The quantitative estimate of drug-likeness (QED) is 0.268. The zero-order chi connectivity index (χ0) is 31.0. The van der Waals surface area contributed by atoms with E-state index in [1.165, 1.54) is 43.3 Å². The second kappa shape index (κ2) is 35.1. The Bertz CT molecular complexity index is 662. The number of fused-ring (bicyclic) bond motifs is 1. The highest BCUT2D eigenvalue weighted by Crippen LogP contribution is 2.20. The topological polar surface area (TPSA) is 3.88 Å². The van der Waals surface area contributed by atoms with Crippen molar-refractivity contribution in [2.24, 2.45) is 5.41 Å². The van der Waals surface area contributed by atoms with Gasteiger partial charge in [0.2, 0.25) is 0 Å². The molecule has 0 saturated carbocycles. The summed E-state index contributed by atoms with van der Waals surface area (Å²) in [5, 5.41) is 0. The predicted octanol–water partition coefficient (Wildman–Crippen LogP) is 12.5. The van der Waals surface area contributed by atoms with Gasteiger partial charge in [-0.15, -0.1) is 0 Å². The van der Waals surface area contributed by atoms with Gasteiger partial charge >= 0.3 is 0 Å². The fourth-order valence-corrected chi connectivity index (χ4v) is 2.72. The minimum atomic E-state index is 0.433. The molecule has 1 aliphatic rings. The van der Waals surface area contributed by atoms with E-state index < -0.39 is 0 Å². The molecule has 0 fully saturated rings. The first-order valence-corrected chi connectivity index (χ1v) is 15.8. The highest BCUT2D eigenvalue weighted by Gasteiger charge is 2.12. The van der Waals surface area contributed by atoms with Gasteiger partial charge in [0.1, 0.15) is 6.54 Å². The summed E-state index contributed by atoms with van der Waals surface area (Å²) in [6.07, 6.45) is 10.8. The number of rotatable bonds is 2. The summed E-state index contributed by atoms with van der Waals surface area (Å²) in [7, 11) is 0. The van der Waals surface area contributed by atoms with Crippen molar-refractivity contribution in [3.8, 4) is 0 Å². The summed E-state index contributed by atoms with van der Waals surface area (Å²) >= 11 is 0. The maximum absolute atomic E-state index is 2.27. The summed E-state index contributed by atoms with van der Waals surface area (Å²) in [6, 6.07) is 15.0. The summed E-state index contributed by atoms with van der Waals surface area (Å²) in [6.45, 7) is 36.4. The molecule has 1 aromatic carbocycles. The minimum Gasteiger partial charge on any atom is -0.205 e. The lowest BCUT2D eigenvalue weighted by Gasteiger charge is -2.14. The smallest absolute Gasteiger partial charge is 0.168 e. The molecule has 38 heavy (non-hydrogen) atoms. The van der Waals surface area contributed by atoms with Crippen molar-refractivity contribution in [2.45, 2.75) is 156 Å². The Morgan fingerprint density at radius 1 is 0.579 bits per heavy atom. The number of nitrogens with zero attached hydrogens (tertiary/aromatic N) is 1. The van der Waals surface area contributed by atoms with Crippen molar-refractivity contribution in [2.75, 3.05) is 0 Å². The van der Waals surface area contributed by atoms with E-state index in [4.69, 9.17) is 0 Å². The zero-order valence-corrected chi connectivity index (χ0v) is 29.4. The maximum Gasteiger partial charge on any atom is 0.168 e. The first-order valence-electron chi connectivity index (χ1n) is 15.8. The summed E-state index contributed by atoms with van der Waals surface area (Å²) in [5.74, 6) is 0. The van der Waals surface area contributed by atoms with E-state index >= 15 is 0 Å². The molecule has 0 spiro atoms. The molecule has 0 amide bonds. The molecule has 1 heterocycles. The lowest BCUT2D eigenvalue weighted by molar-refractivity contribution is -0.698. The van der Waals surface area contributed by atoms with E-state index in [9.17, 15) is 0 Å². The first kappa shape index (κ1) is 46.0. The number of allylic oxidation sites excluding steroid dienone is 2. The van der Waals surface area contributed by atoms with Crippen LogP contribution in [-0.4, -0.2) is 0 Å². The molecule has 0 N–H and O–H groups in total. The highest BCUT2D eigenvalue weighted by atomic mass is 14.9. The van der Waals surface area contributed by atoms with E-state index in [1.807, 2.05) is 75.3 Å². The number of hydrogen-bond donors (Lipinski definition) is 0. The van der Waals surface area contributed by atoms with Crippen molar-refractivity contribution >= 4 is 0 Å². The molecule has 0 bridgehead atoms. The zero-order valence-electron chi connectivity index (χ0n) is 29.4. The third-order valence-corrected chi connectivity index (χ3v) is 5.16. The fourth-order valence-electron chi connectivity index (χ4n) is 2.72. The van der Waals surface area contributed by atoms with Gasteiger partial charge in [-0.2, -0.15) is 0 Å². The Balaban J connectivity index is -0.000000126. The van der Waals surface area contributed by atoms with Crippen molar-refractivity contribution in [3.05, 3.63) is 77.1 Å². The van der Waals surface area contributed by atoms with E-state index in [0.29, 0.717) is 5.41 Å². The van der Waals surface area contributed by atoms with Gasteiger partial charge in [-0.3, -0.25) is 0 Å². The molecular weight excluding hydrogens is 458 g/mol. The van der Waals surface area contributed by atoms with E-state index in [2.05, 4.69) is 102 Å². The van der Waals surface area contributed by atoms with Crippen LogP contribution in [0.25, 0.3) is 0 Å². The largest absolute Gasteiger partial charge is 0.205 e. The van der Waals surface area contributed by atoms with Gasteiger partial charge in [0.05, 0.1) is 0 Å². The molecule has 1 aromatic heterocycles.